The zero-order chi connectivity index (χ0) is 18.4. The van der Waals surface area contributed by atoms with E-state index in [1.165, 1.54) is 32.4 Å². The van der Waals surface area contributed by atoms with Crippen molar-refractivity contribution in [2.24, 2.45) is 0 Å². The van der Waals surface area contributed by atoms with E-state index in [9.17, 15) is 13.5 Å². The van der Waals surface area contributed by atoms with Crippen LogP contribution in [0, 0.1) is 0 Å². The molecule has 0 heterocycles. The van der Waals surface area contributed by atoms with E-state index in [2.05, 4.69) is 4.72 Å². The van der Waals surface area contributed by atoms with Crippen LogP contribution in [0.25, 0.3) is 0 Å². The Morgan fingerprint density at radius 2 is 1.72 bits per heavy atom. The van der Waals surface area contributed by atoms with Gasteiger partial charge in [0.2, 0.25) is 10.0 Å². The van der Waals surface area contributed by atoms with E-state index in [0.717, 1.165) is 4.90 Å². The van der Waals surface area contributed by atoms with Gasteiger partial charge in [0.25, 0.3) is 0 Å². The van der Waals surface area contributed by atoms with Crippen LogP contribution in [0.4, 0.5) is 0 Å². The molecule has 136 valence electrons. The lowest BCUT2D eigenvalue weighted by atomic mass is 10.1. The first kappa shape index (κ1) is 19.6. The number of methoxy groups -OCH3 is 2. The van der Waals surface area contributed by atoms with Gasteiger partial charge in [-0.05, 0) is 36.1 Å². The maximum Gasteiger partial charge on any atom is 0.240 e. The number of sulfonamides is 1. The fraction of sp³-hybridized carbons (Fsp3) is 0.294. The van der Waals surface area contributed by atoms with Crippen LogP contribution in [0.15, 0.2) is 52.3 Å². The lowest BCUT2D eigenvalue weighted by molar-refractivity contribution is 0.182. The number of benzene rings is 2. The zero-order valence-electron chi connectivity index (χ0n) is 14.2. The molecule has 8 heteroatoms. The Bertz CT molecular complexity index is 806. The predicted octanol–water partition coefficient (Wildman–Crippen LogP) is 2.44. The highest BCUT2D eigenvalue weighted by molar-refractivity contribution is 7.98. The molecule has 2 aromatic rings. The van der Waals surface area contributed by atoms with Gasteiger partial charge >= 0.3 is 0 Å². The average molecular weight is 383 g/mol. The third-order valence-electron chi connectivity index (χ3n) is 3.63. The molecule has 0 saturated heterocycles. The molecule has 1 atom stereocenters. The topological polar surface area (TPSA) is 84.9 Å². The number of ether oxygens (including phenoxy) is 2. The van der Waals surface area contributed by atoms with Crippen molar-refractivity contribution in [2.75, 3.05) is 27.0 Å². The Balaban J connectivity index is 2.10. The quantitative estimate of drug-likeness (QED) is 0.681. The summed E-state index contributed by atoms with van der Waals surface area (Å²) in [6, 6.07) is 11.6. The molecule has 6 nitrogen and oxygen atoms in total. The number of thioether (sulfide) groups is 1. The molecule has 0 fully saturated rings. The van der Waals surface area contributed by atoms with E-state index in [0.29, 0.717) is 17.1 Å². The van der Waals surface area contributed by atoms with Crippen molar-refractivity contribution < 1.29 is 23.0 Å². The molecule has 0 radical (unpaired) electrons. The van der Waals surface area contributed by atoms with Gasteiger partial charge in [0.15, 0.2) is 11.5 Å². The van der Waals surface area contributed by atoms with Crippen LogP contribution in [0.5, 0.6) is 11.5 Å². The molecule has 0 bridgehead atoms. The zero-order valence-corrected chi connectivity index (χ0v) is 15.9. The molecule has 0 aliphatic rings. The van der Waals surface area contributed by atoms with Gasteiger partial charge in [-0.25, -0.2) is 13.1 Å². The Labute approximate surface area is 152 Å². The predicted molar refractivity (Wildman–Crippen MR) is 97.9 cm³/mol. The molecule has 0 aromatic heterocycles. The van der Waals surface area contributed by atoms with E-state index in [4.69, 9.17) is 9.47 Å². The Hall–Kier alpha value is -1.74. The second kappa shape index (κ2) is 8.57. The van der Waals surface area contributed by atoms with Gasteiger partial charge < -0.3 is 14.6 Å². The highest BCUT2D eigenvalue weighted by Gasteiger charge is 2.19. The van der Waals surface area contributed by atoms with Crippen LogP contribution < -0.4 is 14.2 Å². The molecule has 2 aromatic carbocycles. The number of nitrogens with one attached hydrogen (secondary N) is 1. The normalized spacial score (nSPS) is 12.6. The molecule has 2 N–H and O–H groups in total. The average Bonchev–Trinajstić information content (AvgIpc) is 2.65. The first-order valence-corrected chi connectivity index (χ1v) is 10.2. The molecular formula is C17H21NO5S2. The number of hydrogen-bond acceptors (Lipinski definition) is 6. The minimum absolute atomic E-state index is 0.0371. The van der Waals surface area contributed by atoms with Crippen molar-refractivity contribution >= 4 is 21.8 Å². The summed E-state index contributed by atoms with van der Waals surface area (Å²) in [4.78, 5) is 1.11. The highest BCUT2D eigenvalue weighted by atomic mass is 32.2. The number of aliphatic hydroxyl groups excluding tert-OH is 1. The molecule has 0 saturated carbocycles. The summed E-state index contributed by atoms with van der Waals surface area (Å²) in [6.07, 6.45) is 1.02. The van der Waals surface area contributed by atoms with Crippen molar-refractivity contribution in [3.05, 3.63) is 48.0 Å². The maximum atomic E-state index is 12.4. The van der Waals surface area contributed by atoms with Crippen LogP contribution in [0.2, 0.25) is 0 Å². The summed E-state index contributed by atoms with van der Waals surface area (Å²) >= 11 is 1.60. The summed E-state index contributed by atoms with van der Waals surface area (Å²) in [5, 5.41) is 10.2. The van der Waals surface area contributed by atoms with Crippen LogP contribution in [-0.4, -0.2) is 40.5 Å². The summed E-state index contributed by atoms with van der Waals surface area (Å²) in [6.45, 7) is -0.130. The van der Waals surface area contributed by atoms with Gasteiger partial charge in [-0.3, -0.25) is 0 Å². The summed E-state index contributed by atoms with van der Waals surface area (Å²) < 4.78 is 37.5. The fourth-order valence-electron chi connectivity index (χ4n) is 2.20. The van der Waals surface area contributed by atoms with Gasteiger partial charge in [-0.1, -0.05) is 12.1 Å². The molecule has 0 spiro atoms. The third-order valence-corrected chi connectivity index (χ3v) is 5.80. The van der Waals surface area contributed by atoms with Crippen molar-refractivity contribution in [1.82, 2.24) is 4.72 Å². The van der Waals surface area contributed by atoms with Crippen LogP contribution in [0.3, 0.4) is 0 Å². The lowest BCUT2D eigenvalue weighted by Crippen LogP contribution is -2.28. The second-order valence-electron chi connectivity index (χ2n) is 5.16. The molecular weight excluding hydrogens is 362 g/mol. The fourth-order valence-corrected chi connectivity index (χ4v) is 3.66. The van der Waals surface area contributed by atoms with Crippen LogP contribution >= 0.6 is 11.8 Å². The van der Waals surface area contributed by atoms with Crippen LogP contribution in [-0.2, 0) is 10.0 Å². The summed E-state index contributed by atoms with van der Waals surface area (Å²) in [5.41, 5.74) is 0.646. The van der Waals surface area contributed by atoms with E-state index in [-0.39, 0.29) is 11.4 Å². The van der Waals surface area contributed by atoms with E-state index < -0.39 is 16.1 Å². The third kappa shape index (κ3) is 4.88. The SMILES string of the molecule is COc1ccc(S(=O)(=O)NCC(O)c2ccc(SC)cc2)cc1OC. The van der Waals surface area contributed by atoms with Crippen molar-refractivity contribution in [1.29, 1.82) is 0 Å². The number of hydrogen-bond donors (Lipinski definition) is 2. The van der Waals surface area contributed by atoms with Gasteiger partial charge in [-0.2, -0.15) is 0 Å². The van der Waals surface area contributed by atoms with Gasteiger partial charge in [-0.15, -0.1) is 11.8 Å². The Morgan fingerprint density at radius 1 is 1.08 bits per heavy atom. The van der Waals surface area contributed by atoms with E-state index in [1.54, 1.807) is 23.9 Å². The lowest BCUT2D eigenvalue weighted by Gasteiger charge is -2.14. The van der Waals surface area contributed by atoms with Gasteiger partial charge in [0.05, 0.1) is 25.2 Å². The Kier molecular flexibility index (Phi) is 6.71. The van der Waals surface area contributed by atoms with Crippen molar-refractivity contribution in [3.8, 4) is 11.5 Å². The van der Waals surface area contributed by atoms with E-state index >= 15 is 0 Å². The molecule has 25 heavy (non-hydrogen) atoms. The van der Waals surface area contributed by atoms with Crippen LogP contribution in [0.1, 0.15) is 11.7 Å². The molecule has 1 unspecified atom stereocenters. The molecule has 0 aliphatic heterocycles. The van der Waals surface area contributed by atoms with Gasteiger partial charge in [0, 0.05) is 17.5 Å². The molecule has 0 aliphatic carbocycles. The largest absolute Gasteiger partial charge is 0.493 e. The highest BCUT2D eigenvalue weighted by Crippen LogP contribution is 2.29. The standard InChI is InChI=1S/C17H21NO5S2/c1-22-16-9-8-14(10-17(16)23-2)25(20,21)18-11-15(19)12-4-6-13(24-3)7-5-12/h4-10,15,18-19H,11H2,1-3H3. The number of rotatable bonds is 8. The molecule has 2 rings (SSSR count). The van der Waals surface area contributed by atoms with Crippen molar-refractivity contribution in [2.45, 2.75) is 15.9 Å². The number of aliphatic hydroxyl groups is 1. The maximum absolute atomic E-state index is 12.4. The first-order valence-electron chi connectivity index (χ1n) is 7.45. The van der Waals surface area contributed by atoms with Crippen molar-refractivity contribution in [3.63, 3.8) is 0 Å². The Morgan fingerprint density at radius 3 is 2.28 bits per heavy atom. The van der Waals surface area contributed by atoms with E-state index in [1.807, 2.05) is 18.4 Å². The minimum Gasteiger partial charge on any atom is -0.493 e. The summed E-state index contributed by atoms with van der Waals surface area (Å²) in [5.74, 6) is 0.758. The second-order valence-corrected chi connectivity index (χ2v) is 7.80. The smallest absolute Gasteiger partial charge is 0.240 e. The minimum atomic E-state index is -3.78. The summed E-state index contributed by atoms with van der Waals surface area (Å²) in [7, 11) is -0.874. The monoisotopic (exact) mass is 383 g/mol. The first-order chi connectivity index (χ1) is 11.9. The molecule has 0 amide bonds. The van der Waals surface area contributed by atoms with Gasteiger partial charge in [0.1, 0.15) is 0 Å².